The van der Waals surface area contributed by atoms with E-state index in [2.05, 4.69) is 4.98 Å². The monoisotopic (exact) mass is 379 g/mol. The predicted octanol–water partition coefficient (Wildman–Crippen LogP) is 3.98. The van der Waals surface area contributed by atoms with Crippen molar-refractivity contribution in [3.05, 3.63) is 29.0 Å². The molecule has 0 radical (unpaired) electrons. The van der Waals surface area contributed by atoms with Gasteiger partial charge in [-0.25, -0.2) is 9.78 Å². The Morgan fingerprint density at radius 2 is 2.15 bits per heavy atom. The third kappa shape index (κ3) is 4.34. The number of carbonyl (C=O) groups is 1. The van der Waals surface area contributed by atoms with E-state index in [0.717, 1.165) is 42.0 Å². The van der Waals surface area contributed by atoms with Gasteiger partial charge in [-0.2, -0.15) is 0 Å². The van der Waals surface area contributed by atoms with E-state index in [4.69, 9.17) is 18.6 Å². The van der Waals surface area contributed by atoms with Crippen molar-refractivity contribution in [2.45, 2.75) is 45.3 Å². The highest BCUT2D eigenvalue weighted by atomic mass is 32.1. The molecule has 0 aromatic carbocycles. The molecule has 0 atom stereocenters. The summed E-state index contributed by atoms with van der Waals surface area (Å²) in [5.74, 6) is 0.156. The predicted molar refractivity (Wildman–Crippen MR) is 97.9 cm³/mol. The van der Waals surface area contributed by atoms with E-state index < -0.39 is 11.8 Å². The minimum atomic E-state index is -1.26. The van der Waals surface area contributed by atoms with Crippen LogP contribution in [0.2, 0.25) is 0 Å². The molecular formula is C19H25NO5S. The molecule has 26 heavy (non-hydrogen) atoms. The van der Waals surface area contributed by atoms with Crippen LogP contribution >= 0.6 is 11.3 Å². The van der Waals surface area contributed by atoms with E-state index in [-0.39, 0.29) is 0 Å². The number of esters is 1. The van der Waals surface area contributed by atoms with E-state index in [0.29, 0.717) is 25.0 Å². The number of rotatable bonds is 7. The zero-order chi connectivity index (χ0) is 18.6. The summed E-state index contributed by atoms with van der Waals surface area (Å²) in [6.07, 6.45) is 3.97. The smallest absolute Gasteiger partial charge is 0.366 e. The number of hydrogen-bond donors (Lipinski definition) is 0. The number of hydrogen-bond acceptors (Lipinski definition) is 7. The number of oxazole rings is 1. The van der Waals surface area contributed by atoms with E-state index in [1.54, 1.807) is 18.3 Å². The summed E-state index contributed by atoms with van der Waals surface area (Å²) in [5, 5.41) is 2.02. The Morgan fingerprint density at radius 1 is 1.38 bits per heavy atom. The van der Waals surface area contributed by atoms with Gasteiger partial charge in [0.2, 0.25) is 5.89 Å². The molecule has 1 fully saturated rings. The molecule has 0 saturated carbocycles. The minimum Gasteiger partial charge on any atom is -0.465 e. The second-order valence-electron chi connectivity index (χ2n) is 6.67. The number of ether oxygens (including phenoxy) is 3. The zero-order valence-corrected chi connectivity index (χ0v) is 16.3. The van der Waals surface area contributed by atoms with Crippen molar-refractivity contribution < 1.29 is 23.4 Å². The molecule has 0 N–H and O–H groups in total. The Bertz CT molecular complexity index is 716. The van der Waals surface area contributed by atoms with Gasteiger partial charge in [0.25, 0.3) is 5.79 Å². The van der Waals surface area contributed by atoms with Crippen molar-refractivity contribution in [1.29, 1.82) is 0 Å². The van der Waals surface area contributed by atoms with Crippen LogP contribution in [0.5, 0.6) is 0 Å². The molecule has 1 aliphatic rings. The van der Waals surface area contributed by atoms with Gasteiger partial charge in [0, 0.05) is 12.8 Å². The normalized spacial score (nSPS) is 23.1. The Morgan fingerprint density at radius 3 is 2.81 bits per heavy atom. The number of thiophene rings is 1. The molecule has 142 valence electrons. The van der Waals surface area contributed by atoms with Gasteiger partial charge < -0.3 is 18.6 Å². The van der Waals surface area contributed by atoms with Crippen LogP contribution in [0.1, 0.15) is 37.6 Å². The second-order valence-corrected chi connectivity index (χ2v) is 7.62. The summed E-state index contributed by atoms with van der Waals surface area (Å²) < 4.78 is 21.7. The van der Waals surface area contributed by atoms with Crippen LogP contribution in [-0.4, -0.2) is 37.1 Å². The molecule has 1 aliphatic heterocycles. The van der Waals surface area contributed by atoms with Gasteiger partial charge in [-0.1, -0.05) is 12.5 Å². The molecule has 6 nitrogen and oxygen atoms in total. The quantitative estimate of drug-likeness (QED) is 0.535. The molecule has 0 spiro atoms. The van der Waals surface area contributed by atoms with Crippen LogP contribution in [0, 0.1) is 12.8 Å². The van der Waals surface area contributed by atoms with Gasteiger partial charge in [0.15, 0.2) is 0 Å². The first-order valence-corrected chi connectivity index (χ1v) is 9.76. The van der Waals surface area contributed by atoms with Gasteiger partial charge in [-0.3, -0.25) is 0 Å². The van der Waals surface area contributed by atoms with Gasteiger partial charge in [-0.15, -0.1) is 11.3 Å². The fourth-order valence-corrected chi connectivity index (χ4v) is 3.65. The van der Waals surface area contributed by atoms with Crippen LogP contribution in [0.25, 0.3) is 10.8 Å². The Kier molecular flexibility index (Phi) is 6.11. The van der Waals surface area contributed by atoms with Crippen LogP contribution in [0.3, 0.4) is 0 Å². The molecule has 2 aromatic heterocycles. The lowest BCUT2D eigenvalue weighted by Gasteiger charge is -2.35. The Hall–Kier alpha value is -1.70. The maximum atomic E-state index is 11.6. The molecule has 2 aromatic rings. The number of nitrogens with zero attached hydrogens (tertiary/aromatic N) is 1. The fourth-order valence-electron chi connectivity index (χ4n) is 3.00. The number of aryl methyl sites for hydroxylation is 2. The van der Waals surface area contributed by atoms with Crippen molar-refractivity contribution in [2.75, 3.05) is 20.3 Å². The Labute approximate surface area is 157 Å². The lowest BCUT2D eigenvalue weighted by molar-refractivity contribution is -0.272. The van der Waals surface area contributed by atoms with Gasteiger partial charge in [-0.05, 0) is 37.6 Å². The SMILES string of the molecule is COC(=O)[C@]1(C)OC[C@H](CCCCc2nc(-c3cccs3)oc2C)CO1. The standard InChI is InChI=1S/C19H25NO5S/c1-13-15(20-17(25-13)16-9-6-10-26-16)8-5-4-7-14-11-23-19(2,24-12-14)18(21)22-3/h6,9-10,14H,4-5,7-8,11-12H2,1-3H3/t14-,19+. The van der Waals surface area contributed by atoms with Crippen LogP contribution in [0.15, 0.2) is 21.9 Å². The van der Waals surface area contributed by atoms with Crippen molar-refractivity contribution >= 4 is 17.3 Å². The largest absolute Gasteiger partial charge is 0.465 e. The summed E-state index contributed by atoms with van der Waals surface area (Å²) in [6, 6.07) is 4.02. The highest BCUT2D eigenvalue weighted by molar-refractivity contribution is 7.13. The van der Waals surface area contributed by atoms with E-state index in [1.165, 1.54) is 7.11 Å². The molecule has 0 unspecified atom stereocenters. The summed E-state index contributed by atoms with van der Waals surface area (Å²) in [5.41, 5.74) is 1.03. The highest BCUT2D eigenvalue weighted by Gasteiger charge is 2.41. The third-order valence-electron chi connectivity index (χ3n) is 4.65. The molecular weight excluding hydrogens is 354 g/mol. The van der Waals surface area contributed by atoms with Crippen molar-refractivity contribution in [3.63, 3.8) is 0 Å². The number of unbranched alkanes of at least 4 members (excludes halogenated alkanes) is 1. The average Bonchev–Trinajstić information content (AvgIpc) is 3.29. The molecule has 0 aliphatic carbocycles. The van der Waals surface area contributed by atoms with Crippen molar-refractivity contribution in [3.8, 4) is 10.8 Å². The summed E-state index contributed by atoms with van der Waals surface area (Å²) in [7, 11) is 1.34. The van der Waals surface area contributed by atoms with E-state index in [9.17, 15) is 4.79 Å². The third-order valence-corrected chi connectivity index (χ3v) is 5.50. The summed E-state index contributed by atoms with van der Waals surface area (Å²) >= 11 is 1.63. The van der Waals surface area contributed by atoms with Crippen LogP contribution < -0.4 is 0 Å². The van der Waals surface area contributed by atoms with Gasteiger partial charge >= 0.3 is 5.97 Å². The summed E-state index contributed by atoms with van der Waals surface area (Å²) in [6.45, 7) is 4.59. The van der Waals surface area contributed by atoms with Crippen LogP contribution in [-0.2, 0) is 25.4 Å². The number of methoxy groups -OCH3 is 1. The van der Waals surface area contributed by atoms with Gasteiger partial charge in [0.05, 0.1) is 30.9 Å². The van der Waals surface area contributed by atoms with Crippen LogP contribution in [0.4, 0.5) is 0 Å². The number of carbonyl (C=O) groups excluding carboxylic acids is 1. The first kappa shape index (κ1) is 19.1. The molecule has 3 rings (SSSR count). The van der Waals surface area contributed by atoms with Crippen molar-refractivity contribution in [1.82, 2.24) is 4.98 Å². The fraction of sp³-hybridized carbons (Fsp3) is 0.579. The topological polar surface area (TPSA) is 70.8 Å². The highest BCUT2D eigenvalue weighted by Crippen LogP contribution is 2.28. The maximum absolute atomic E-state index is 11.6. The lowest BCUT2D eigenvalue weighted by atomic mass is 10.0. The minimum absolute atomic E-state index is 0.299. The zero-order valence-electron chi connectivity index (χ0n) is 15.4. The molecule has 0 amide bonds. The molecule has 7 heteroatoms. The number of aromatic nitrogens is 1. The van der Waals surface area contributed by atoms with Crippen molar-refractivity contribution in [2.24, 2.45) is 5.92 Å². The second kappa shape index (κ2) is 8.33. The maximum Gasteiger partial charge on any atom is 0.366 e. The lowest BCUT2D eigenvalue weighted by Crippen LogP contribution is -2.48. The first-order chi connectivity index (χ1) is 12.5. The summed E-state index contributed by atoms with van der Waals surface area (Å²) in [4.78, 5) is 17.3. The molecule has 0 bridgehead atoms. The van der Waals surface area contributed by atoms with E-state index in [1.807, 2.05) is 24.4 Å². The van der Waals surface area contributed by atoms with E-state index >= 15 is 0 Å². The first-order valence-electron chi connectivity index (χ1n) is 8.88. The Balaban J connectivity index is 1.41. The van der Waals surface area contributed by atoms with Gasteiger partial charge in [0.1, 0.15) is 5.76 Å². The average molecular weight is 379 g/mol. The molecule has 3 heterocycles. The molecule has 1 saturated heterocycles.